The van der Waals surface area contributed by atoms with Crippen molar-refractivity contribution in [3.05, 3.63) is 65.2 Å². The Kier molecular flexibility index (Phi) is 7.07. The van der Waals surface area contributed by atoms with E-state index in [0.717, 1.165) is 49.7 Å². The van der Waals surface area contributed by atoms with Crippen LogP contribution in [-0.4, -0.2) is 50.3 Å². The van der Waals surface area contributed by atoms with Crippen molar-refractivity contribution in [1.29, 1.82) is 0 Å². The third kappa shape index (κ3) is 5.98. The topological polar surface area (TPSA) is 69.3 Å². The van der Waals surface area contributed by atoms with Crippen molar-refractivity contribution in [1.82, 2.24) is 4.90 Å². The Labute approximate surface area is 160 Å². The van der Waals surface area contributed by atoms with Crippen molar-refractivity contribution in [2.45, 2.75) is 13.5 Å². The van der Waals surface area contributed by atoms with Crippen LogP contribution in [0.4, 0.5) is 0 Å². The summed E-state index contributed by atoms with van der Waals surface area (Å²) < 4.78 is 11.1. The second-order valence-corrected chi connectivity index (χ2v) is 6.51. The molecule has 6 heteroatoms. The van der Waals surface area contributed by atoms with E-state index in [1.54, 1.807) is 0 Å². The molecule has 1 heterocycles. The minimum atomic E-state index is 0.336. The van der Waals surface area contributed by atoms with E-state index in [1.807, 2.05) is 43.3 Å². The molecule has 6 nitrogen and oxygen atoms in total. The number of rotatable bonds is 8. The van der Waals surface area contributed by atoms with E-state index in [1.165, 1.54) is 5.56 Å². The third-order valence-electron chi connectivity index (χ3n) is 4.42. The molecule has 1 aliphatic heterocycles. The first-order chi connectivity index (χ1) is 13.2. The van der Waals surface area contributed by atoms with E-state index in [9.17, 15) is 0 Å². The minimum Gasteiger partial charge on any atom is -0.490 e. The molecule has 0 aliphatic carbocycles. The largest absolute Gasteiger partial charge is 0.490 e. The summed E-state index contributed by atoms with van der Waals surface area (Å²) in [5.74, 6) is 1.23. The molecular formula is C21H27N3O3. The van der Waals surface area contributed by atoms with Gasteiger partial charge in [-0.1, -0.05) is 41.6 Å². The molecule has 0 bridgehead atoms. The third-order valence-corrected chi connectivity index (χ3v) is 4.42. The molecule has 0 aromatic heterocycles. The molecule has 0 amide bonds. The first-order valence-corrected chi connectivity index (χ1v) is 9.25. The van der Waals surface area contributed by atoms with Gasteiger partial charge in [-0.25, -0.2) is 0 Å². The first-order valence-electron chi connectivity index (χ1n) is 9.25. The van der Waals surface area contributed by atoms with Crippen LogP contribution in [0, 0.1) is 6.92 Å². The van der Waals surface area contributed by atoms with Gasteiger partial charge in [0.15, 0.2) is 12.4 Å². The quantitative estimate of drug-likeness (QED) is 0.335. The van der Waals surface area contributed by atoms with Gasteiger partial charge in [-0.2, -0.15) is 0 Å². The van der Waals surface area contributed by atoms with Crippen LogP contribution in [0.1, 0.15) is 16.7 Å². The van der Waals surface area contributed by atoms with Crippen LogP contribution in [0.5, 0.6) is 5.75 Å². The van der Waals surface area contributed by atoms with Gasteiger partial charge in [0.25, 0.3) is 0 Å². The highest BCUT2D eigenvalue weighted by Gasteiger charge is 2.11. The number of hydrogen-bond acceptors (Lipinski definition) is 5. The lowest BCUT2D eigenvalue weighted by molar-refractivity contribution is 0.0342. The Hall–Kier alpha value is -2.57. The highest BCUT2D eigenvalue weighted by molar-refractivity contribution is 5.97. The number of nitrogens with two attached hydrogens (primary N) is 1. The number of morpholine rings is 1. The SMILES string of the molecule is Cc1ccccc1OCCO/N=C(/N)c1cccc(CN2CCOCC2)c1. The van der Waals surface area contributed by atoms with Gasteiger partial charge >= 0.3 is 0 Å². The van der Waals surface area contributed by atoms with Crippen molar-refractivity contribution >= 4 is 5.84 Å². The molecule has 2 N–H and O–H groups in total. The summed E-state index contributed by atoms with van der Waals surface area (Å²) >= 11 is 0. The van der Waals surface area contributed by atoms with Crippen molar-refractivity contribution in [2.24, 2.45) is 10.9 Å². The summed E-state index contributed by atoms with van der Waals surface area (Å²) in [6, 6.07) is 16.0. The van der Waals surface area contributed by atoms with Gasteiger partial charge < -0.3 is 20.0 Å². The summed E-state index contributed by atoms with van der Waals surface area (Å²) in [5.41, 5.74) is 9.23. The maximum absolute atomic E-state index is 6.07. The second kappa shape index (κ2) is 9.94. The number of benzene rings is 2. The number of nitrogens with zero attached hydrogens (tertiary/aromatic N) is 2. The normalized spacial score (nSPS) is 15.5. The maximum Gasteiger partial charge on any atom is 0.170 e. The predicted molar refractivity (Wildman–Crippen MR) is 106 cm³/mol. The summed E-state index contributed by atoms with van der Waals surface area (Å²) in [4.78, 5) is 7.68. The number of aryl methyl sites for hydroxylation is 1. The Bertz CT molecular complexity index is 758. The van der Waals surface area contributed by atoms with Gasteiger partial charge in [-0.15, -0.1) is 0 Å². The van der Waals surface area contributed by atoms with E-state index >= 15 is 0 Å². The zero-order valence-electron chi connectivity index (χ0n) is 15.8. The van der Waals surface area contributed by atoms with Crippen molar-refractivity contribution in [3.8, 4) is 5.75 Å². The number of para-hydroxylation sites is 1. The lowest BCUT2D eigenvalue weighted by Crippen LogP contribution is -2.35. The van der Waals surface area contributed by atoms with Crippen molar-refractivity contribution in [3.63, 3.8) is 0 Å². The molecule has 2 aromatic rings. The summed E-state index contributed by atoms with van der Waals surface area (Å²) in [6.45, 7) is 7.14. The first kappa shape index (κ1) is 19.2. The second-order valence-electron chi connectivity index (χ2n) is 6.51. The molecule has 27 heavy (non-hydrogen) atoms. The fraction of sp³-hybridized carbons (Fsp3) is 0.381. The lowest BCUT2D eigenvalue weighted by atomic mass is 10.1. The average Bonchev–Trinajstić information content (AvgIpc) is 2.70. The van der Waals surface area contributed by atoms with Crippen LogP contribution in [0.2, 0.25) is 0 Å². The molecular weight excluding hydrogens is 342 g/mol. The standard InChI is InChI=1S/C21H27N3O3/c1-17-5-2-3-8-20(17)26-13-14-27-23-21(22)19-7-4-6-18(15-19)16-24-9-11-25-12-10-24/h2-8,15H,9-14,16H2,1H3,(H2,22,23). The Balaban J connectivity index is 1.47. The molecule has 0 spiro atoms. The predicted octanol–water partition coefficient (Wildman–Crippen LogP) is 2.54. The van der Waals surface area contributed by atoms with Gasteiger partial charge in [0.1, 0.15) is 12.4 Å². The highest BCUT2D eigenvalue weighted by atomic mass is 16.6. The highest BCUT2D eigenvalue weighted by Crippen LogP contribution is 2.15. The maximum atomic E-state index is 6.07. The Morgan fingerprint density at radius 2 is 1.93 bits per heavy atom. The molecule has 2 aromatic carbocycles. The van der Waals surface area contributed by atoms with Crippen molar-refractivity contribution in [2.75, 3.05) is 39.5 Å². The average molecular weight is 369 g/mol. The van der Waals surface area contributed by atoms with Crippen molar-refractivity contribution < 1.29 is 14.3 Å². The van der Waals surface area contributed by atoms with E-state index in [-0.39, 0.29) is 0 Å². The van der Waals surface area contributed by atoms with Gasteiger partial charge in [0, 0.05) is 25.2 Å². The van der Waals surface area contributed by atoms with Crippen LogP contribution in [0.25, 0.3) is 0 Å². The summed E-state index contributed by atoms with van der Waals surface area (Å²) in [5, 5.41) is 4.02. The zero-order chi connectivity index (χ0) is 18.9. The fourth-order valence-corrected chi connectivity index (χ4v) is 2.92. The smallest absolute Gasteiger partial charge is 0.170 e. The molecule has 1 fully saturated rings. The Morgan fingerprint density at radius 3 is 2.74 bits per heavy atom. The minimum absolute atomic E-state index is 0.336. The number of hydrogen-bond donors (Lipinski definition) is 1. The summed E-state index contributed by atoms with van der Waals surface area (Å²) in [6.07, 6.45) is 0. The van der Waals surface area contributed by atoms with Crippen LogP contribution in [-0.2, 0) is 16.1 Å². The molecule has 0 radical (unpaired) electrons. The van der Waals surface area contributed by atoms with Crippen LogP contribution >= 0.6 is 0 Å². The number of ether oxygens (including phenoxy) is 2. The monoisotopic (exact) mass is 369 g/mol. The molecule has 0 atom stereocenters. The molecule has 1 saturated heterocycles. The van der Waals surface area contributed by atoms with E-state index < -0.39 is 0 Å². The van der Waals surface area contributed by atoms with Gasteiger partial charge in [0.05, 0.1) is 13.2 Å². The van der Waals surface area contributed by atoms with E-state index in [2.05, 4.69) is 22.2 Å². The fourth-order valence-electron chi connectivity index (χ4n) is 2.92. The molecule has 144 valence electrons. The molecule has 1 aliphatic rings. The Morgan fingerprint density at radius 1 is 1.11 bits per heavy atom. The zero-order valence-corrected chi connectivity index (χ0v) is 15.8. The molecule has 3 rings (SSSR count). The number of oxime groups is 1. The van der Waals surface area contributed by atoms with Gasteiger partial charge in [-0.3, -0.25) is 4.90 Å². The van der Waals surface area contributed by atoms with E-state index in [4.69, 9.17) is 20.0 Å². The van der Waals surface area contributed by atoms with Crippen LogP contribution < -0.4 is 10.5 Å². The summed E-state index contributed by atoms with van der Waals surface area (Å²) in [7, 11) is 0. The van der Waals surface area contributed by atoms with Gasteiger partial charge in [-0.05, 0) is 30.2 Å². The molecule has 0 unspecified atom stereocenters. The lowest BCUT2D eigenvalue weighted by Gasteiger charge is -2.26. The van der Waals surface area contributed by atoms with Crippen LogP contribution in [0.3, 0.4) is 0 Å². The number of amidine groups is 1. The van der Waals surface area contributed by atoms with E-state index in [0.29, 0.717) is 19.0 Å². The van der Waals surface area contributed by atoms with Crippen LogP contribution in [0.15, 0.2) is 53.7 Å². The molecule has 0 saturated carbocycles. The van der Waals surface area contributed by atoms with Gasteiger partial charge in [0.2, 0.25) is 0 Å².